The number of aliphatic hydroxyl groups is 2. The average Bonchev–Trinajstić information content (AvgIpc) is 3.56. The van der Waals surface area contributed by atoms with Gasteiger partial charge in [0.2, 0.25) is 0 Å². The third-order valence-corrected chi connectivity index (χ3v) is 7.58. The van der Waals surface area contributed by atoms with Gasteiger partial charge in [-0.2, -0.15) is 0 Å². The van der Waals surface area contributed by atoms with Crippen molar-refractivity contribution < 1.29 is 10.2 Å². The number of piperidine rings is 1. The first-order valence-corrected chi connectivity index (χ1v) is 12.9. The Bertz CT molecular complexity index is 1240. The third-order valence-electron chi connectivity index (χ3n) is 7.58. The summed E-state index contributed by atoms with van der Waals surface area (Å²) in [6.45, 7) is 5.20. The molecule has 5 rings (SSSR count). The molecule has 0 radical (unpaired) electrons. The molecule has 8 nitrogen and oxygen atoms in total. The molecule has 3 heterocycles. The van der Waals surface area contributed by atoms with Gasteiger partial charge in [-0.15, -0.1) is 10.2 Å². The number of aliphatic hydroxyl groups excluding tert-OH is 1. The van der Waals surface area contributed by atoms with E-state index in [-0.39, 0.29) is 12.6 Å². The smallest absolute Gasteiger partial charge is 0.123 e. The van der Waals surface area contributed by atoms with Crippen LogP contribution in [-0.2, 0) is 13.0 Å². The molecule has 1 fully saturated rings. The molecule has 8 heteroatoms. The lowest BCUT2D eigenvalue weighted by molar-refractivity contribution is -0.161. The maximum atomic E-state index is 11.6. The molecule has 2 aromatic heterocycles. The summed E-state index contributed by atoms with van der Waals surface area (Å²) in [5.74, 6) is 0. The molecule has 0 saturated carbocycles. The summed E-state index contributed by atoms with van der Waals surface area (Å²) in [6, 6.07) is 16.8. The Labute approximate surface area is 212 Å². The van der Waals surface area contributed by atoms with E-state index in [0.29, 0.717) is 25.9 Å². The predicted octanol–water partition coefficient (Wildman–Crippen LogP) is 3.35. The van der Waals surface area contributed by atoms with Crippen molar-refractivity contribution in [1.29, 1.82) is 0 Å². The maximum absolute atomic E-state index is 11.6. The molecule has 0 aliphatic carbocycles. The molecular formula is C28H36N6O2. The molecule has 0 amide bonds. The number of likely N-dealkylation sites (tertiary alicyclic amines) is 1. The van der Waals surface area contributed by atoms with Crippen LogP contribution in [0.5, 0.6) is 0 Å². The molecule has 36 heavy (non-hydrogen) atoms. The summed E-state index contributed by atoms with van der Waals surface area (Å²) in [5.41, 5.74) is 3.77. The number of aryl methyl sites for hydroxylation is 1. The zero-order valence-electron chi connectivity index (χ0n) is 20.9. The van der Waals surface area contributed by atoms with Gasteiger partial charge in [-0.05, 0) is 55.6 Å². The van der Waals surface area contributed by atoms with Crippen LogP contribution >= 0.6 is 0 Å². The number of aromatic nitrogens is 4. The van der Waals surface area contributed by atoms with Gasteiger partial charge in [0.1, 0.15) is 18.4 Å². The summed E-state index contributed by atoms with van der Waals surface area (Å²) in [7, 11) is 0. The van der Waals surface area contributed by atoms with E-state index < -0.39 is 5.72 Å². The van der Waals surface area contributed by atoms with E-state index >= 15 is 0 Å². The Balaban J connectivity index is 1.19. The zero-order chi connectivity index (χ0) is 25.0. The van der Waals surface area contributed by atoms with E-state index in [0.717, 1.165) is 42.7 Å². The highest BCUT2D eigenvalue weighted by molar-refractivity contribution is 5.85. The lowest BCUT2D eigenvalue weighted by Crippen LogP contribution is -2.58. The average molecular weight is 489 g/mol. The molecular weight excluding hydrogens is 452 g/mol. The molecule has 1 aliphatic rings. The minimum Gasteiger partial charge on any atom is -0.395 e. The molecule has 0 spiro atoms. The Morgan fingerprint density at radius 1 is 1.14 bits per heavy atom. The van der Waals surface area contributed by atoms with Gasteiger partial charge in [0.25, 0.3) is 0 Å². The van der Waals surface area contributed by atoms with Crippen molar-refractivity contribution in [3.8, 4) is 5.69 Å². The van der Waals surface area contributed by atoms with Gasteiger partial charge in [0, 0.05) is 61.3 Å². The summed E-state index contributed by atoms with van der Waals surface area (Å²) in [4.78, 5) is 7.94. The fourth-order valence-corrected chi connectivity index (χ4v) is 5.57. The molecule has 2 aromatic carbocycles. The number of fused-ring (bicyclic) bond motifs is 1. The van der Waals surface area contributed by atoms with E-state index in [4.69, 9.17) is 0 Å². The van der Waals surface area contributed by atoms with E-state index in [9.17, 15) is 10.2 Å². The van der Waals surface area contributed by atoms with Crippen molar-refractivity contribution >= 4 is 10.9 Å². The first-order chi connectivity index (χ1) is 17.6. The number of nitrogens with one attached hydrogen (secondary N) is 1. The first-order valence-electron chi connectivity index (χ1n) is 12.9. The second-order valence-corrected chi connectivity index (χ2v) is 9.97. The van der Waals surface area contributed by atoms with Crippen molar-refractivity contribution in [2.45, 2.75) is 50.9 Å². The molecule has 1 aliphatic heterocycles. The largest absolute Gasteiger partial charge is 0.395 e. The van der Waals surface area contributed by atoms with Crippen LogP contribution in [0.2, 0.25) is 0 Å². The van der Waals surface area contributed by atoms with E-state index in [1.54, 1.807) is 12.7 Å². The highest BCUT2D eigenvalue weighted by Crippen LogP contribution is 2.32. The lowest BCUT2D eigenvalue weighted by atomic mass is 9.91. The van der Waals surface area contributed by atoms with E-state index in [1.807, 2.05) is 22.8 Å². The molecule has 3 N–H and O–H groups in total. The van der Waals surface area contributed by atoms with Crippen LogP contribution in [0.25, 0.3) is 16.6 Å². The van der Waals surface area contributed by atoms with Gasteiger partial charge in [0.05, 0.1) is 6.61 Å². The predicted molar refractivity (Wildman–Crippen MR) is 141 cm³/mol. The zero-order valence-corrected chi connectivity index (χ0v) is 20.9. The highest BCUT2D eigenvalue weighted by atomic mass is 16.3. The van der Waals surface area contributed by atoms with Crippen molar-refractivity contribution in [3.05, 3.63) is 78.5 Å². The van der Waals surface area contributed by atoms with Crippen molar-refractivity contribution in [3.63, 3.8) is 0 Å². The number of rotatable bonds is 10. The maximum Gasteiger partial charge on any atom is 0.123 e. The lowest BCUT2D eigenvalue weighted by Gasteiger charge is -2.48. The minimum absolute atomic E-state index is 0.0386. The fourth-order valence-electron chi connectivity index (χ4n) is 5.57. The topological polar surface area (TPSA) is 93.4 Å². The van der Waals surface area contributed by atoms with Gasteiger partial charge in [-0.1, -0.05) is 30.3 Å². The Morgan fingerprint density at radius 2 is 1.94 bits per heavy atom. The third kappa shape index (κ3) is 5.37. The van der Waals surface area contributed by atoms with Gasteiger partial charge < -0.3 is 20.1 Å². The number of hydrogen-bond donors (Lipinski definition) is 3. The highest BCUT2D eigenvalue weighted by Gasteiger charge is 2.40. The number of nitrogens with zero attached hydrogens (tertiary/aromatic N) is 5. The molecule has 1 saturated heterocycles. The molecule has 0 bridgehead atoms. The summed E-state index contributed by atoms with van der Waals surface area (Å²) in [5, 5.41) is 30.3. The van der Waals surface area contributed by atoms with E-state index in [2.05, 4.69) is 68.4 Å². The van der Waals surface area contributed by atoms with Crippen LogP contribution in [-0.4, -0.2) is 77.8 Å². The molecule has 2 unspecified atom stereocenters. The van der Waals surface area contributed by atoms with Gasteiger partial charge >= 0.3 is 0 Å². The van der Waals surface area contributed by atoms with Crippen LogP contribution in [0, 0.1) is 0 Å². The molecule has 4 aromatic rings. The van der Waals surface area contributed by atoms with E-state index in [1.165, 1.54) is 10.9 Å². The number of aromatic amines is 1. The van der Waals surface area contributed by atoms with Crippen LogP contribution in [0.3, 0.4) is 0 Å². The van der Waals surface area contributed by atoms with Crippen molar-refractivity contribution in [1.82, 2.24) is 29.5 Å². The second kappa shape index (κ2) is 10.9. The minimum atomic E-state index is -0.899. The number of H-pyrrole nitrogens is 1. The standard InChI is InChI=1S/C28H36N6O2/c1-22-17-28(36,34(14-15-35)19-23-6-3-2-4-7-23)11-13-32(22)12-5-8-24-18-29-27-10-9-25(16-26(24)27)33-20-30-31-21-33/h2-4,6-7,9-10,16,18,20-22,29,35-36H,5,8,11-15,17,19H2,1H3. The Kier molecular flexibility index (Phi) is 7.48. The normalized spacial score (nSPS) is 20.9. The van der Waals surface area contributed by atoms with Crippen LogP contribution in [0.15, 0.2) is 67.4 Å². The summed E-state index contributed by atoms with van der Waals surface area (Å²) in [6.07, 6.45) is 8.95. The quantitative estimate of drug-likeness (QED) is 0.297. The van der Waals surface area contributed by atoms with Crippen molar-refractivity contribution in [2.75, 3.05) is 26.2 Å². The van der Waals surface area contributed by atoms with Crippen LogP contribution in [0.4, 0.5) is 0 Å². The molecule has 2 atom stereocenters. The van der Waals surface area contributed by atoms with Crippen LogP contribution in [0.1, 0.15) is 37.3 Å². The van der Waals surface area contributed by atoms with Gasteiger partial charge in [-0.3, -0.25) is 9.47 Å². The van der Waals surface area contributed by atoms with Gasteiger partial charge in [0.15, 0.2) is 0 Å². The second-order valence-electron chi connectivity index (χ2n) is 9.97. The summed E-state index contributed by atoms with van der Waals surface area (Å²) < 4.78 is 1.92. The fraction of sp³-hybridized carbons (Fsp3) is 0.429. The SMILES string of the molecule is CC1CC(O)(N(CCO)Cc2ccccc2)CCN1CCCc1c[nH]c2ccc(-n3cnnc3)cc12. The summed E-state index contributed by atoms with van der Waals surface area (Å²) >= 11 is 0. The van der Waals surface area contributed by atoms with Gasteiger partial charge in [-0.25, -0.2) is 0 Å². The van der Waals surface area contributed by atoms with Crippen LogP contribution < -0.4 is 0 Å². The number of hydrogen-bond acceptors (Lipinski definition) is 6. The monoisotopic (exact) mass is 488 g/mol. The Morgan fingerprint density at radius 3 is 2.69 bits per heavy atom. The molecule has 190 valence electrons. The Hall–Kier alpha value is -3.04. The number of benzene rings is 2. The van der Waals surface area contributed by atoms with Crippen molar-refractivity contribution in [2.24, 2.45) is 0 Å². The first kappa shape index (κ1) is 24.6.